The molecule has 0 saturated heterocycles. The summed E-state index contributed by atoms with van der Waals surface area (Å²) in [5, 5.41) is 7.75. The first-order valence-electron chi connectivity index (χ1n) is 2.79. The van der Waals surface area contributed by atoms with Crippen LogP contribution in [0.2, 0.25) is 0 Å². The van der Waals surface area contributed by atoms with E-state index in [2.05, 4.69) is 9.05 Å². The predicted octanol–water partition coefficient (Wildman–Crippen LogP) is -0.683. The fourth-order valence-corrected chi connectivity index (χ4v) is 0.224. The lowest BCUT2D eigenvalue weighted by Crippen LogP contribution is -2.02. The molecule has 0 aromatic carbocycles. The van der Waals surface area contributed by atoms with Gasteiger partial charge in [-0.15, -0.1) is 0 Å². The first-order valence-corrected chi connectivity index (χ1v) is 4.28. The Morgan fingerprint density at radius 3 is 1.73 bits per heavy atom. The van der Waals surface area contributed by atoms with Crippen LogP contribution in [0.4, 0.5) is 0 Å². The summed E-state index contributed by atoms with van der Waals surface area (Å²) in [6.45, 7) is 0.472. The van der Waals surface area contributed by atoms with Crippen LogP contribution in [0.3, 0.4) is 0 Å². The van der Waals surface area contributed by atoms with E-state index in [1.165, 1.54) is 0 Å². The van der Waals surface area contributed by atoms with Crippen LogP contribution >= 0.6 is 7.82 Å². The SMILES string of the molecule is COP(=O)(O)OC.NCCO. The summed E-state index contributed by atoms with van der Waals surface area (Å²) in [7, 11) is -1.45. The van der Waals surface area contributed by atoms with Crippen LogP contribution in [0, 0.1) is 0 Å². The Kier molecular flexibility index (Phi) is 10.1. The predicted molar refractivity (Wildman–Crippen MR) is 40.0 cm³/mol. The van der Waals surface area contributed by atoms with Crippen LogP contribution in [0.15, 0.2) is 0 Å². The standard InChI is InChI=1S/C2H7NO.C2H7O4P/c3-1-2-4;1-5-7(3,4)6-2/h4H,1-3H2;1-2H3,(H,3,4). The molecule has 4 N–H and O–H groups in total. The molecule has 0 spiro atoms. The third kappa shape index (κ3) is 13.1. The molecule has 70 valence electrons. The van der Waals surface area contributed by atoms with Gasteiger partial charge in [0, 0.05) is 20.8 Å². The highest BCUT2D eigenvalue weighted by molar-refractivity contribution is 7.47. The molecular formula is C4H14NO5P. The van der Waals surface area contributed by atoms with E-state index in [-0.39, 0.29) is 6.61 Å². The van der Waals surface area contributed by atoms with Gasteiger partial charge < -0.3 is 15.7 Å². The highest BCUT2D eigenvalue weighted by atomic mass is 31.2. The second kappa shape index (κ2) is 8.13. The van der Waals surface area contributed by atoms with Crippen molar-refractivity contribution < 1.29 is 23.6 Å². The largest absolute Gasteiger partial charge is 0.471 e. The molecule has 7 heteroatoms. The van der Waals surface area contributed by atoms with Crippen LogP contribution < -0.4 is 5.73 Å². The summed E-state index contributed by atoms with van der Waals surface area (Å²) in [4.78, 5) is 8.24. The van der Waals surface area contributed by atoms with E-state index in [0.29, 0.717) is 6.54 Å². The fraction of sp³-hybridized carbons (Fsp3) is 1.00. The maximum atomic E-state index is 10.1. The van der Waals surface area contributed by atoms with Crippen molar-refractivity contribution in [2.75, 3.05) is 27.4 Å². The van der Waals surface area contributed by atoms with Gasteiger partial charge in [-0.3, -0.25) is 9.05 Å². The first-order chi connectivity index (χ1) is 5.04. The Balaban J connectivity index is 0. The molecule has 0 aromatic rings. The molecule has 0 aliphatic carbocycles. The average Bonchev–Trinajstić information content (AvgIpc) is 2.05. The monoisotopic (exact) mass is 187 g/mol. The Morgan fingerprint density at radius 1 is 1.45 bits per heavy atom. The average molecular weight is 187 g/mol. The van der Waals surface area contributed by atoms with Gasteiger partial charge >= 0.3 is 7.82 Å². The minimum Gasteiger partial charge on any atom is -0.395 e. The Morgan fingerprint density at radius 2 is 1.73 bits per heavy atom. The molecule has 0 atom stereocenters. The normalized spacial score (nSPS) is 10.3. The molecule has 0 aliphatic heterocycles. The van der Waals surface area contributed by atoms with E-state index in [1.54, 1.807) is 0 Å². The summed E-state index contributed by atoms with van der Waals surface area (Å²) in [5.41, 5.74) is 4.78. The Hall–Kier alpha value is 0.0300. The third-order valence-electron chi connectivity index (χ3n) is 0.591. The highest BCUT2D eigenvalue weighted by Gasteiger charge is 2.13. The van der Waals surface area contributed by atoms with Crippen LogP contribution in [-0.4, -0.2) is 37.4 Å². The van der Waals surface area contributed by atoms with Crippen molar-refractivity contribution >= 4 is 7.82 Å². The van der Waals surface area contributed by atoms with Crippen molar-refractivity contribution in [1.29, 1.82) is 0 Å². The number of nitrogens with two attached hydrogens (primary N) is 1. The van der Waals surface area contributed by atoms with Crippen molar-refractivity contribution in [2.24, 2.45) is 5.73 Å². The molecule has 0 unspecified atom stereocenters. The van der Waals surface area contributed by atoms with E-state index in [9.17, 15) is 4.57 Å². The zero-order valence-corrected chi connectivity index (χ0v) is 7.45. The minimum absolute atomic E-state index is 0.0972. The zero-order chi connectivity index (χ0) is 9.33. The maximum Gasteiger partial charge on any atom is 0.471 e. The topological polar surface area (TPSA) is 102 Å². The van der Waals surface area contributed by atoms with Gasteiger partial charge in [0.05, 0.1) is 6.61 Å². The van der Waals surface area contributed by atoms with Gasteiger partial charge in [-0.05, 0) is 0 Å². The second-order valence-electron chi connectivity index (χ2n) is 1.35. The lowest BCUT2D eigenvalue weighted by atomic mass is 10.8. The number of aliphatic hydroxyl groups is 1. The summed E-state index contributed by atoms with van der Waals surface area (Å²) < 4.78 is 18.0. The van der Waals surface area contributed by atoms with Crippen molar-refractivity contribution in [3.63, 3.8) is 0 Å². The summed E-state index contributed by atoms with van der Waals surface area (Å²) >= 11 is 0. The molecule has 0 amide bonds. The van der Waals surface area contributed by atoms with E-state index >= 15 is 0 Å². The van der Waals surface area contributed by atoms with Gasteiger partial charge in [0.25, 0.3) is 0 Å². The van der Waals surface area contributed by atoms with E-state index in [4.69, 9.17) is 15.7 Å². The quantitative estimate of drug-likeness (QED) is 0.506. The van der Waals surface area contributed by atoms with Crippen molar-refractivity contribution in [2.45, 2.75) is 0 Å². The lowest BCUT2D eigenvalue weighted by Gasteiger charge is -2.01. The van der Waals surface area contributed by atoms with Crippen molar-refractivity contribution in [1.82, 2.24) is 0 Å². The van der Waals surface area contributed by atoms with Crippen molar-refractivity contribution in [3.05, 3.63) is 0 Å². The van der Waals surface area contributed by atoms with Gasteiger partial charge in [-0.25, -0.2) is 4.57 Å². The van der Waals surface area contributed by atoms with E-state index in [0.717, 1.165) is 14.2 Å². The van der Waals surface area contributed by atoms with E-state index in [1.807, 2.05) is 0 Å². The number of phosphoric acid groups is 1. The zero-order valence-electron chi connectivity index (χ0n) is 6.56. The minimum atomic E-state index is -3.65. The van der Waals surface area contributed by atoms with Gasteiger partial charge in [-0.1, -0.05) is 0 Å². The van der Waals surface area contributed by atoms with E-state index < -0.39 is 7.82 Å². The van der Waals surface area contributed by atoms with Gasteiger partial charge in [0.2, 0.25) is 0 Å². The van der Waals surface area contributed by atoms with Gasteiger partial charge in [0.1, 0.15) is 0 Å². The Bertz CT molecular complexity index is 109. The molecule has 0 heterocycles. The lowest BCUT2D eigenvalue weighted by molar-refractivity contribution is 0.204. The summed E-state index contributed by atoms with van der Waals surface area (Å²) in [5.74, 6) is 0. The molecule has 0 aliphatic rings. The molecule has 0 rings (SSSR count). The van der Waals surface area contributed by atoms with Crippen molar-refractivity contribution in [3.8, 4) is 0 Å². The number of hydrogen-bond acceptors (Lipinski definition) is 5. The Labute approximate surface area is 65.5 Å². The van der Waals surface area contributed by atoms with Crippen LogP contribution in [0.25, 0.3) is 0 Å². The van der Waals surface area contributed by atoms with Crippen LogP contribution in [0.1, 0.15) is 0 Å². The first kappa shape index (κ1) is 13.6. The van der Waals surface area contributed by atoms with Crippen LogP contribution in [-0.2, 0) is 13.6 Å². The molecule has 0 fully saturated rings. The molecular weight excluding hydrogens is 173 g/mol. The molecule has 0 radical (unpaired) electrons. The summed E-state index contributed by atoms with van der Waals surface area (Å²) in [6, 6.07) is 0. The number of aliphatic hydroxyl groups excluding tert-OH is 1. The van der Waals surface area contributed by atoms with Crippen LogP contribution in [0.5, 0.6) is 0 Å². The number of rotatable bonds is 3. The maximum absolute atomic E-state index is 10.1. The molecule has 0 bridgehead atoms. The smallest absolute Gasteiger partial charge is 0.395 e. The highest BCUT2D eigenvalue weighted by Crippen LogP contribution is 2.40. The third-order valence-corrected chi connectivity index (χ3v) is 1.51. The second-order valence-corrected chi connectivity index (χ2v) is 3.01. The molecule has 0 saturated carbocycles. The summed E-state index contributed by atoms with van der Waals surface area (Å²) in [6.07, 6.45) is 0. The number of hydrogen-bond donors (Lipinski definition) is 3. The number of phosphoric ester groups is 1. The van der Waals surface area contributed by atoms with Gasteiger partial charge in [0.15, 0.2) is 0 Å². The fourth-order valence-electron chi connectivity index (χ4n) is 0.0745. The van der Waals surface area contributed by atoms with Gasteiger partial charge in [-0.2, -0.15) is 0 Å². The molecule has 6 nitrogen and oxygen atoms in total. The molecule has 11 heavy (non-hydrogen) atoms. The molecule has 0 aromatic heterocycles.